The van der Waals surface area contributed by atoms with Crippen molar-refractivity contribution in [3.63, 3.8) is 0 Å². The van der Waals surface area contributed by atoms with Crippen LogP contribution in [0.15, 0.2) is 0 Å². The van der Waals surface area contributed by atoms with Crippen LogP contribution >= 0.6 is 0 Å². The molecule has 2 atom stereocenters. The van der Waals surface area contributed by atoms with Crippen LogP contribution < -0.4 is 5.32 Å². The van der Waals surface area contributed by atoms with Crippen LogP contribution in [0.4, 0.5) is 0 Å². The zero-order valence-corrected chi connectivity index (χ0v) is 12.8. The minimum atomic E-state index is -0.308. The van der Waals surface area contributed by atoms with E-state index in [1.165, 1.54) is 0 Å². The summed E-state index contributed by atoms with van der Waals surface area (Å²) < 4.78 is 17.4. The lowest BCUT2D eigenvalue weighted by Crippen LogP contribution is -2.58. The molecule has 5 heteroatoms. The summed E-state index contributed by atoms with van der Waals surface area (Å²) in [6, 6.07) is 1.64. The molecule has 1 N–H and O–H groups in total. The summed E-state index contributed by atoms with van der Waals surface area (Å²) >= 11 is 0. The third-order valence-corrected chi connectivity index (χ3v) is 5.30. The molecule has 2 unspecified atom stereocenters. The standard InChI is InChI=1S/C15H28N2O3/c1-16-13-3-6-15(19-9-10-20-15)11-14(13)17(2)12-4-7-18-8-5-12/h12-14,16H,3-11H2,1-2H3. The normalized spacial score (nSPS) is 35.0. The van der Waals surface area contributed by atoms with Gasteiger partial charge < -0.3 is 19.5 Å². The van der Waals surface area contributed by atoms with Gasteiger partial charge in [0.1, 0.15) is 0 Å². The van der Waals surface area contributed by atoms with Crippen molar-refractivity contribution in [2.45, 2.75) is 56.0 Å². The second-order valence-electron chi connectivity index (χ2n) is 6.32. The molecule has 20 heavy (non-hydrogen) atoms. The van der Waals surface area contributed by atoms with Crippen molar-refractivity contribution >= 4 is 0 Å². The average molecular weight is 284 g/mol. The largest absolute Gasteiger partial charge is 0.381 e. The summed E-state index contributed by atoms with van der Waals surface area (Å²) in [5.74, 6) is -0.308. The Hall–Kier alpha value is -0.200. The zero-order valence-electron chi connectivity index (χ0n) is 12.8. The van der Waals surface area contributed by atoms with Gasteiger partial charge in [-0.05, 0) is 33.4 Å². The molecule has 5 nitrogen and oxygen atoms in total. The van der Waals surface area contributed by atoms with E-state index >= 15 is 0 Å². The maximum Gasteiger partial charge on any atom is 0.170 e. The molecule has 0 aromatic carbocycles. The fourth-order valence-corrected chi connectivity index (χ4v) is 4.02. The summed E-state index contributed by atoms with van der Waals surface area (Å²) in [4.78, 5) is 2.55. The number of likely N-dealkylation sites (N-methyl/N-ethyl adjacent to an activating group) is 2. The van der Waals surface area contributed by atoms with Gasteiger partial charge in [-0.25, -0.2) is 0 Å². The Bertz CT molecular complexity index is 314. The third-order valence-electron chi connectivity index (χ3n) is 5.30. The predicted molar refractivity (Wildman–Crippen MR) is 76.7 cm³/mol. The highest BCUT2D eigenvalue weighted by molar-refractivity contribution is 4.97. The molecule has 0 amide bonds. The van der Waals surface area contributed by atoms with E-state index in [1.807, 2.05) is 0 Å². The van der Waals surface area contributed by atoms with Gasteiger partial charge in [0.05, 0.1) is 13.2 Å². The highest BCUT2D eigenvalue weighted by Crippen LogP contribution is 2.38. The molecule has 3 rings (SSSR count). The molecule has 0 radical (unpaired) electrons. The summed E-state index contributed by atoms with van der Waals surface area (Å²) in [6.07, 6.45) is 5.38. The fraction of sp³-hybridized carbons (Fsp3) is 1.00. The number of hydrogen-bond acceptors (Lipinski definition) is 5. The molecular formula is C15H28N2O3. The molecule has 2 aliphatic heterocycles. The van der Waals surface area contributed by atoms with Crippen LogP contribution in [0.1, 0.15) is 32.1 Å². The van der Waals surface area contributed by atoms with E-state index < -0.39 is 0 Å². The predicted octanol–water partition coefficient (Wildman–Crippen LogP) is 0.981. The van der Waals surface area contributed by atoms with E-state index in [0.717, 1.165) is 58.5 Å². The SMILES string of the molecule is CNC1CCC2(CC1N(C)C1CCOCC1)OCCO2. The van der Waals surface area contributed by atoms with E-state index in [-0.39, 0.29) is 5.79 Å². The molecule has 3 aliphatic rings. The van der Waals surface area contributed by atoms with E-state index in [2.05, 4.69) is 24.3 Å². The van der Waals surface area contributed by atoms with E-state index in [4.69, 9.17) is 14.2 Å². The first-order chi connectivity index (χ1) is 9.74. The van der Waals surface area contributed by atoms with E-state index in [9.17, 15) is 0 Å². The molecule has 0 aromatic heterocycles. The van der Waals surface area contributed by atoms with Crippen molar-refractivity contribution in [3.8, 4) is 0 Å². The average Bonchev–Trinajstić information content (AvgIpc) is 2.95. The molecule has 1 saturated carbocycles. The number of ether oxygens (including phenoxy) is 3. The fourth-order valence-electron chi connectivity index (χ4n) is 4.02. The lowest BCUT2D eigenvalue weighted by Gasteiger charge is -2.47. The first kappa shape index (κ1) is 14.7. The second-order valence-corrected chi connectivity index (χ2v) is 6.32. The lowest BCUT2D eigenvalue weighted by atomic mass is 9.83. The van der Waals surface area contributed by atoms with Crippen LogP contribution in [-0.2, 0) is 14.2 Å². The second kappa shape index (κ2) is 6.28. The minimum absolute atomic E-state index is 0.308. The summed E-state index contributed by atoms with van der Waals surface area (Å²) in [5.41, 5.74) is 0. The Morgan fingerprint density at radius 1 is 1.05 bits per heavy atom. The van der Waals surface area contributed by atoms with Crippen molar-refractivity contribution in [2.24, 2.45) is 0 Å². The van der Waals surface area contributed by atoms with Gasteiger partial charge >= 0.3 is 0 Å². The molecule has 0 aromatic rings. The number of nitrogens with zero attached hydrogens (tertiary/aromatic N) is 1. The molecule has 3 fully saturated rings. The Kier molecular flexibility index (Phi) is 4.62. The molecule has 1 spiro atoms. The van der Waals surface area contributed by atoms with E-state index in [0.29, 0.717) is 18.1 Å². The Balaban J connectivity index is 1.69. The van der Waals surface area contributed by atoms with Gasteiger partial charge in [0, 0.05) is 44.2 Å². The molecule has 0 bridgehead atoms. The van der Waals surface area contributed by atoms with Crippen molar-refractivity contribution in [3.05, 3.63) is 0 Å². The molecular weight excluding hydrogens is 256 g/mol. The van der Waals surface area contributed by atoms with Gasteiger partial charge in [0.25, 0.3) is 0 Å². The molecule has 2 heterocycles. The summed E-state index contributed by atoms with van der Waals surface area (Å²) in [5, 5.41) is 3.50. The zero-order chi connectivity index (χ0) is 14.0. The minimum Gasteiger partial charge on any atom is -0.381 e. The summed E-state index contributed by atoms with van der Waals surface area (Å²) in [7, 11) is 4.34. The van der Waals surface area contributed by atoms with Crippen molar-refractivity contribution in [2.75, 3.05) is 40.5 Å². The maximum absolute atomic E-state index is 5.94. The van der Waals surface area contributed by atoms with Gasteiger partial charge in [-0.1, -0.05) is 0 Å². The third kappa shape index (κ3) is 2.88. The monoisotopic (exact) mass is 284 g/mol. The molecule has 2 saturated heterocycles. The van der Waals surface area contributed by atoms with Gasteiger partial charge in [0.2, 0.25) is 0 Å². The molecule has 116 valence electrons. The molecule has 1 aliphatic carbocycles. The van der Waals surface area contributed by atoms with Crippen molar-refractivity contribution in [1.29, 1.82) is 0 Å². The van der Waals surface area contributed by atoms with Gasteiger partial charge in [0.15, 0.2) is 5.79 Å². The van der Waals surface area contributed by atoms with Crippen LogP contribution in [0.25, 0.3) is 0 Å². The van der Waals surface area contributed by atoms with Crippen molar-refractivity contribution in [1.82, 2.24) is 10.2 Å². The first-order valence-corrected chi connectivity index (χ1v) is 7.99. The highest BCUT2D eigenvalue weighted by Gasteiger charge is 2.46. The van der Waals surface area contributed by atoms with Crippen LogP contribution in [0.2, 0.25) is 0 Å². The highest BCUT2D eigenvalue weighted by atomic mass is 16.7. The number of nitrogens with one attached hydrogen (secondary N) is 1. The number of hydrogen-bond donors (Lipinski definition) is 1. The van der Waals surface area contributed by atoms with Crippen LogP contribution in [0.3, 0.4) is 0 Å². The van der Waals surface area contributed by atoms with Crippen LogP contribution in [0, 0.1) is 0 Å². The Labute approximate surface area is 121 Å². The smallest absolute Gasteiger partial charge is 0.170 e. The lowest BCUT2D eigenvalue weighted by molar-refractivity contribution is -0.194. The van der Waals surface area contributed by atoms with Gasteiger partial charge in [-0.2, -0.15) is 0 Å². The quantitative estimate of drug-likeness (QED) is 0.837. The first-order valence-electron chi connectivity index (χ1n) is 7.99. The Morgan fingerprint density at radius 2 is 1.75 bits per heavy atom. The van der Waals surface area contributed by atoms with Crippen molar-refractivity contribution < 1.29 is 14.2 Å². The van der Waals surface area contributed by atoms with E-state index in [1.54, 1.807) is 0 Å². The summed E-state index contributed by atoms with van der Waals surface area (Å²) in [6.45, 7) is 3.28. The Morgan fingerprint density at radius 3 is 2.40 bits per heavy atom. The topological polar surface area (TPSA) is 43.0 Å². The van der Waals surface area contributed by atoms with Gasteiger partial charge in [-0.15, -0.1) is 0 Å². The number of rotatable bonds is 3. The van der Waals surface area contributed by atoms with Gasteiger partial charge in [-0.3, -0.25) is 4.90 Å². The van der Waals surface area contributed by atoms with Crippen LogP contribution in [-0.4, -0.2) is 69.3 Å². The maximum atomic E-state index is 5.94. The van der Waals surface area contributed by atoms with Crippen LogP contribution in [0.5, 0.6) is 0 Å².